The lowest BCUT2D eigenvalue weighted by molar-refractivity contribution is 0.153. The summed E-state index contributed by atoms with van der Waals surface area (Å²) in [5.74, 6) is 0. The second-order valence-electron chi connectivity index (χ2n) is 3.64. The number of aliphatic imine (C=N–C) groups is 1. The summed E-state index contributed by atoms with van der Waals surface area (Å²) in [5, 5.41) is 2.18. The van der Waals surface area contributed by atoms with Gasteiger partial charge in [-0.3, -0.25) is 10.4 Å². The van der Waals surface area contributed by atoms with Crippen molar-refractivity contribution in [3.8, 4) is 0 Å². The fourth-order valence-electron chi connectivity index (χ4n) is 1.17. The third-order valence-electron chi connectivity index (χ3n) is 1.99. The molecule has 0 aromatic carbocycles. The predicted molar refractivity (Wildman–Crippen MR) is 63.7 cm³/mol. The van der Waals surface area contributed by atoms with Crippen molar-refractivity contribution >= 4 is 6.21 Å². The highest BCUT2D eigenvalue weighted by molar-refractivity contribution is 5.70. The Bertz CT molecular complexity index is 185. The maximum atomic E-state index is 4.39. The van der Waals surface area contributed by atoms with Gasteiger partial charge in [0.15, 0.2) is 0 Å². The van der Waals surface area contributed by atoms with Gasteiger partial charge in [0.2, 0.25) is 0 Å². The minimum atomic E-state index is 0.320. The van der Waals surface area contributed by atoms with Gasteiger partial charge < -0.3 is 0 Å². The first-order chi connectivity index (χ1) is 6.61. The third-order valence-corrected chi connectivity index (χ3v) is 1.99. The molecule has 0 saturated carbocycles. The molecular weight excluding hydrogens is 174 g/mol. The van der Waals surface area contributed by atoms with Gasteiger partial charge in [-0.25, -0.2) is 5.01 Å². The van der Waals surface area contributed by atoms with E-state index in [2.05, 4.69) is 36.2 Å². The summed E-state index contributed by atoms with van der Waals surface area (Å²) in [6, 6.07) is 0.820. The van der Waals surface area contributed by atoms with E-state index in [0.717, 1.165) is 6.54 Å². The Balaban J connectivity index is 3.96. The van der Waals surface area contributed by atoms with Crippen LogP contribution in [0.4, 0.5) is 0 Å². The second-order valence-corrected chi connectivity index (χ2v) is 3.64. The van der Waals surface area contributed by atoms with Crippen molar-refractivity contribution in [2.75, 3.05) is 13.6 Å². The molecule has 14 heavy (non-hydrogen) atoms. The molecule has 0 rings (SSSR count). The number of rotatable bonds is 6. The van der Waals surface area contributed by atoms with Crippen molar-refractivity contribution in [3.05, 3.63) is 12.2 Å². The van der Waals surface area contributed by atoms with Crippen molar-refractivity contribution < 1.29 is 0 Å². The maximum absolute atomic E-state index is 4.39. The van der Waals surface area contributed by atoms with Crippen LogP contribution in [-0.4, -0.2) is 36.9 Å². The van der Waals surface area contributed by atoms with Gasteiger partial charge in [-0.2, -0.15) is 0 Å². The Morgan fingerprint density at radius 3 is 2.43 bits per heavy atom. The van der Waals surface area contributed by atoms with Crippen LogP contribution in [0.15, 0.2) is 17.1 Å². The quantitative estimate of drug-likeness (QED) is 0.520. The minimum absolute atomic E-state index is 0.320. The summed E-state index contributed by atoms with van der Waals surface area (Å²) in [6.45, 7) is 9.37. The van der Waals surface area contributed by atoms with E-state index in [4.69, 9.17) is 0 Å². The maximum Gasteiger partial charge on any atom is 0.0612 e. The van der Waals surface area contributed by atoms with Gasteiger partial charge in [-0.05, 0) is 40.8 Å². The molecule has 0 aliphatic rings. The van der Waals surface area contributed by atoms with E-state index in [1.807, 2.05) is 32.3 Å². The number of hydrogen-bond donors (Lipinski definition) is 1. The van der Waals surface area contributed by atoms with Crippen LogP contribution in [0.3, 0.4) is 0 Å². The van der Waals surface area contributed by atoms with E-state index >= 15 is 0 Å². The van der Waals surface area contributed by atoms with Crippen LogP contribution in [0.1, 0.15) is 27.7 Å². The molecule has 82 valence electrons. The molecule has 0 amide bonds. The van der Waals surface area contributed by atoms with Gasteiger partial charge in [0.05, 0.1) is 6.04 Å². The average molecular weight is 197 g/mol. The summed E-state index contributed by atoms with van der Waals surface area (Å²) in [6.07, 6.45) is 5.79. The Hall–Kier alpha value is -0.670. The molecule has 0 aliphatic carbocycles. The lowest BCUT2D eigenvalue weighted by Gasteiger charge is -2.26. The molecule has 0 bridgehead atoms. The first kappa shape index (κ1) is 13.3. The van der Waals surface area contributed by atoms with E-state index in [1.165, 1.54) is 0 Å². The largest absolute Gasteiger partial charge is 0.289 e. The number of nitrogens with one attached hydrogen (secondary N) is 1. The van der Waals surface area contributed by atoms with Crippen LogP contribution in [0.5, 0.6) is 0 Å². The summed E-state index contributed by atoms with van der Waals surface area (Å²) in [4.78, 5) is 4.39. The summed E-state index contributed by atoms with van der Waals surface area (Å²) >= 11 is 0. The van der Waals surface area contributed by atoms with Crippen molar-refractivity contribution in [2.24, 2.45) is 4.99 Å². The average Bonchev–Trinajstić information content (AvgIpc) is 2.14. The number of allylic oxidation sites excluding steroid dienone is 2. The number of nitrogens with zero attached hydrogens (tertiary/aromatic N) is 2. The molecule has 0 aliphatic heterocycles. The van der Waals surface area contributed by atoms with Crippen LogP contribution in [-0.2, 0) is 0 Å². The van der Waals surface area contributed by atoms with Crippen LogP contribution in [0.25, 0.3) is 0 Å². The first-order valence-electron chi connectivity index (χ1n) is 5.20. The van der Waals surface area contributed by atoms with Crippen LogP contribution >= 0.6 is 0 Å². The Labute approximate surface area is 87.9 Å². The Morgan fingerprint density at radius 2 is 2.00 bits per heavy atom. The highest BCUT2D eigenvalue weighted by Gasteiger charge is 2.09. The van der Waals surface area contributed by atoms with Gasteiger partial charge in [0.25, 0.3) is 0 Å². The highest BCUT2D eigenvalue weighted by Crippen LogP contribution is 1.97. The molecule has 1 atom stereocenters. The van der Waals surface area contributed by atoms with Crippen molar-refractivity contribution in [2.45, 2.75) is 39.8 Å². The first-order valence-corrected chi connectivity index (χ1v) is 5.20. The monoisotopic (exact) mass is 197 g/mol. The van der Waals surface area contributed by atoms with Gasteiger partial charge in [0.1, 0.15) is 0 Å². The Kier molecular flexibility index (Phi) is 7.34. The zero-order valence-corrected chi connectivity index (χ0v) is 9.99. The highest BCUT2D eigenvalue weighted by atomic mass is 15.5. The lowest BCUT2D eigenvalue weighted by atomic mass is 10.3. The van der Waals surface area contributed by atoms with E-state index < -0.39 is 0 Å². The standard InChI is InChI=1S/C11H23N3/c1-6-7-8-13-11(4)9-14(12-5)10(2)3/h6-8,10-12H,9H2,1-5H3/b7-6-,13-8-. The molecule has 0 fully saturated rings. The van der Waals surface area contributed by atoms with Crippen molar-refractivity contribution in [1.29, 1.82) is 0 Å². The van der Waals surface area contributed by atoms with Crippen molar-refractivity contribution in [1.82, 2.24) is 10.4 Å². The summed E-state index contributed by atoms with van der Waals surface area (Å²) in [5.41, 5.74) is 3.16. The second kappa shape index (κ2) is 7.71. The molecule has 0 radical (unpaired) electrons. The molecule has 3 nitrogen and oxygen atoms in total. The zero-order chi connectivity index (χ0) is 11.0. The minimum Gasteiger partial charge on any atom is -0.289 e. The smallest absolute Gasteiger partial charge is 0.0612 e. The van der Waals surface area contributed by atoms with Crippen LogP contribution in [0, 0.1) is 0 Å². The van der Waals surface area contributed by atoms with Gasteiger partial charge in [-0.15, -0.1) is 0 Å². The normalized spacial score (nSPS) is 15.1. The van der Waals surface area contributed by atoms with Crippen LogP contribution in [0.2, 0.25) is 0 Å². The topological polar surface area (TPSA) is 27.6 Å². The zero-order valence-electron chi connectivity index (χ0n) is 9.99. The molecule has 0 aromatic heterocycles. The van der Waals surface area contributed by atoms with Gasteiger partial charge in [0, 0.05) is 18.8 Å². The predicted octanol–water partition coefficient (Wildman–Crippen LogP) is 1.87. The molecule has 0 aromatic rings. The van der Waals surface area contributed by atoms with Gasteiger partial charge >= 0.3 is 0 Å². The van der Waals surface area contributed by atoms with Crippen molar-refractivity contribution in [3.63, 3.8) is 0 Å². The number of hydrogen-bond acceptors (Lipinski definition) is 3. The van der Waals surface area contributed by atoms with E-state index in [0.29, 0.717) is 12.1 Å². The molecule has 0 saturated heterocycles. The summed E-state index contributed by atoms with van der Waals surface area (Å²) < 4.78 is 0. The van der Waals surface area contributed by atoms with Crippen LogP contribution < -0.4 is 5.43 Å². The van der Waals surface area contributed by atoms with E-state index in [-0.39, 0.29) is 0 Å². The molecule has 0 heterocycles. The third kappa shape index (κ3) is 5.89. The fourth-order valence-corrected chi connectivity index (χ4v) is 1.17. The fraction of sp³-hybridized carbons (Fsp3) is 0.727. The molecule has 1 unspecified atom stereocenters. The van der Waals surface area contributed by atoms with E-state index in [9.17, 15) is 0 Å². The molecule has 1 N–H and O–H groups in total. The van der Waals surface area contributed by atoms with Gasteiger partial charge in [-0.1, -0.05) is 6.08 Å². The summed E-state index contributed by atoms with van der Waals surface area (Å²) in [7, 11) is 1.95. The molecule has 0 spiro atoms. The number of hydrazine groups is 1. The van der Waals surface area contributed by atoms with E-state index in [1.54, 1.807) is 0 Å². The Morgan fingerprint density at radius 1 is 1.36 bits per heavy atom. The lowest BCUT2D eigenvalue weighted by Crippen LogP contribution is -2.44. The molecule has 3 heteroatoms. The SMILES string of the molecule is C/C=C\C=N/C(C)CN(NC)C(C)C. The molecular formula is C11H23N3.